The Morgan fingerprint density at radius 1 is 1.21 bits per heavy atom. The summed E-state index contributed by atoms with van der Waals surface area (Å²) >= 11 is 13.2. The first kappa shape index (κ1) is 20.1. The Morgan fingerprint density at radius 2 is 1.96 bits per heavy atom. The number of carbonyl (C=O) groups excluding carboxylic acids is 3. The minimum atomic E-state index is -0.980. The van der Waals surface area contributed by atoms with Crippen LogP contribution in [0.3, 0.4) is 0 Å². The summed E-state index contributed by atoms with van der Waals surface area (Å²) in [5, 5.41) is 5.80. The summed E-state index contributed by atoms with van der Waals surface area (Å²) in [6.45, 7) is 3.42. The molecular weight excluding hydrogens is 427 g/mol. The van der Waals surface area contributed by atoms with Crippen LogP contribution in [0.4, 0.5) is 10.8 Å². The molecule has 2 aromatic heterocycles. The molecule has 0 radical (unpaired) electrons. The topological polar surface area (TPSA) is 113 Å². The number of anilines is 2. The zero-order valence-corrected chi connectivity index (χ0v) is 17.0. The fraction of sp³-hybridized carbons (Fsp3) is 0.176. The molecule has 0 atom stereocenters. The third-order valence-corrected chi connectivity index (χ3v) is 5.49. The summed E-state index contributed by atoms with van der Waals surface area (Å²) in [5.74, 6) is -2.32. The lowest BCUT2D eigenvalue weighted by Crippen LogP contribution is -2.24. The van der Waals surface area contributed by atoms with E-state index in [1.165, 1.54) is 0 Å². The van der Waals surface area contributed by atoms with Gasteiger partial charge in [0.1, 0.15) is 5.69 Å². The number of nitrogens with zero attached hydrogens (tertiary/aromatic N) is 1. The maximum absolute atomic E-state index is 12.4. The maximum Gasteiger partial charge on any atom is 0.397 e. The lowest BCUT2D eigenvalue weighted by molar-refractivity contribution is -0.152. The Balaban J connectivity index is 1.77. The van der Waals surface area contributed by atoms with Crippen molar-refractivity contribution in [2.24, 2.45) is 0 Å². The molecule has 2 heterocycles. The number of amides is 2. The summed E-state index contributed by atoms with van der Waals surface area (Å²) in [6, 6.07) is 5.02. The Hall–Kier alpha value is -2.62. The molecule has 28 heavy (non-hydrogen) atoms. The van der Waals surface area contributed by atoms with Gasteiger partial charge in [0, 0.05) is 11.4 Å². The van der Waals surface area contributed by atoms with Crippen LogP contribution < -0.4 is 10.6 Å². The molecule has 8 nitrogen and oxygen atoms in total. The Bertz CT molecular complexity index is 1090. The fourth-order valence-corrected chi connectivity index (χ4v) is 3.64. The molecule has 0 aliphatic carbocycles. The van der Waals surface area contributed by atoms with E-state index >= 15 is 0 Å². The molecule has 0 saturated heterocycles. The fourth-order valence-electron chi connectivity index (χ4n) is 2.32. The number of aryl methyl sites for hydroxylation is 1. The zero-order valence-electron chi connectivity index (χ0n) is 14.7. The number of fused-ring (bicyclic) bond motifs is 1. The Labute approximate surface area is 173 Å². The zero-order chi connectivity index (χ0) is 20.4. The molecular formula is C17H14Cl2N4O4S. The highest BCUT2D eigenvalue weighted by Crippen LogP contribution is 2.31. The highest BCUT2D eigenvalue weighted by Gasteiger charge is 2.19. The van der Waals surface area contributed by atoms with Gasteiger partial charge in [-0.1, -0.05) is 34.5 Å². The SMILES string of the molecule is CCOC(=O)C(=O)Nc1nc2ccc(NC(=O)c3[nH]c(C)c(Cl)c3Cl)cc2s1. The molecule has 0 aliphatic heterocycles. The largest absolute Gasteiger partial charge is 0.459 e. The number of carbonyl (C=O) groups is 3. The van der Waals surface area contributed by atoms with Crippen LogP contribution in [-0.4, -0.2) is 34.4 Å². The third-order valence-electron chi connectivity index (χ3n) is 3.61. The van der Waals surface area contributed by atoms with E-state index in [1.807, 2.05) is 0 Å². The van der Waals surface area contributed by atoms with Crippen molar-refractivity contribution in [1.29, 1.82) is 0 Å². The number of aromatic nitrogens is 2. The second-order valence-electron chi connectivity index (χ2n) is 5.58. The summed E-state index contributed by atoms with van der Waals surface area (Å²) in [5.41, 5.74) is 1.86. The van der Waals surface area contributed by atoms with E-state index in [9.17, 15) is 14.4 Å². The van der Waals surface area contributed by atoms with Gasteiger partial charge < -0.3 is 15.0 Å². The van der Waals surface area contributed by atoms with Gasteiger partial charge >= 0.3 is 11.9 Å². The summed E-state index contributed by atoms with van der Waals surface area (Å²) < 4.78 is 5.33. The Kier molecular flexibility index (Phi) is 5.87. The van der Waals surface area contributed by atoms with Crippen molar-refractivity contribution < 1.29 is 19.1 Å². The van der Waals surface area contributed by atoms with E-state index in [-0.39, 0.29) is 22.5 Å². The van der Waals surface area contributed by atoms with Crippen LogP contribution in [0.2, 0.25) is 10.0 Å². The number of ether oxygens (including phenoxy) is 1. The molecule has 11 heteroatoms. The van der Waals surface area contributed by atoms with Gasteiger partial charge in [-0.05, 0) is 32.0 Å². The van der Waals surface area contributed by atoms with Crippen molar-refractivity contribution in [3.63, 3.8) is 0 Å². The van der Waals surface area contributed by atoms with E-state index < -0.39 is 17.8 Å². The van der Waals surface area contributed by atoms with E-state index in [2.05, 4.69) is 25.3 Å². The lowest BCUT2D eigenvalue weighted by Gasteiger charge is -2.04. The van der Waals surface area contributed by atoms with E-state index in [0.29, 0.717) is 26.6 Å². The first-order chi connectivity index (χ1) is 13.3. The van der Waals surface area contributed by atoms with Crippen LogP contribution >= 0.6 is 34.5 Å². The number of thiazole rings is 1. The standard InChI is InChI=1S/C17H14Cl2N4O4S/c1-3-27-16(26)15(25)23-17-22-9-5-4-8(6-10(9)28-17)21-14(24)13-12(19)11(18)7(2)20-13/h4-6,20H,3H2,1-2H3,(H,21,24)(H,22,23,25). The number of hydrogen-bond acceptors (Lipinski definition) is 6. The summed E-state index contributed by atoms with van der Waals surface area (Å²) in [6.07, 6.45) is 0. The molecule has 3 aromatic rings. The second-order valence-corrected chi connectivity index (χ2v) is 7.37. The van der Waals surface area contributed by atoms with Crippen LogP contribution in [0.25, 0.3) is 10.2 Å². The van der Waals surface area contributed by atoms with Gasteiger partial charge in [-0.3, -0.25) is 14.9 Å². The third kappa shape index (κ3) is 4.11. The predicted molar refractivity (Wildman–Crippen MR) is 108 cm³/mol. The van der Waals surface area contributed by atoms with Gasteiger partial charge in [0.15, 0.2) is 5.13 Å². The van der Waals surface area contributed by atoms with Crippen molar-refractivity contribution in [3.8, 4) is 0 Å². The number of benzene rings is 1. The number of hydrogen-bond donors (Lipinski definition) is 3. The van der Waals surface area contributed by atoms with Gasteiger partial charge in [0.05, 0.1) is 26.9 Å². The van der Waals surface area contributed by atoms with Crippen molar-refractivity contribution in [2.45, 2.75) is 13.8 Å². The summed E-state index contributed by atoms with van der Waals surface area (Å²) in [4.78, 5) is 42.6. The van der Waals surface area contributed by atoms with E-state index in [4.69, 9.17) is 23.2 Å². The van der Waals surface area contributed by atoms with Gasteiger partial charge in [0.2, 0.25) is 0 Å². The first-order valence-corrected chi connectivity index (χ1v) is 9.61. The minimum Gasteiger partial charge on any atom is -0.459 e. The van der Waals surface area contributed by atoms with E-state index in [1.54, 1.807) is 32.0 Å². The van der Waals surface area contributed by atoms with Crippen LogP contribution in [0, 0.1) is 6.92 Å². The molecule has 3 rings (SSSR count). The van der Waals surface area contributed by atoms with Crippen molar-refractivity contribution in [3.05, 3.63) is 39.6 Å². The second kappa shape index (κ2) is 8.17. The van der Waals surface area contributed by atoms with Crippen molar-refractivity contribution >= 4 is 73.4 Å². The van der Waals surface area contributed by atoms with Crippen LogP contribution in [0.1, 0.15) is 23.1 Å². The van der Waals surface area contributed by atoms with E-state index in [0.717, 1.165) is 11.3 Å². The van der Waals surface area contributed by atoms with Crippen molar-refractivity contribution in [1.82, 2.24) is 9.97 Å². The van der Waals surface area contributed by atoms with Gasteiger partial charge in [-0.15, -0.1) is 0 Å². The van der Waals surface area contributed by atoms with Crippen LogP contribution in [-0.2, 0) is 14.3 Å². The quantitative estimate of drug-likeness (QED) is 0.419. The monoisotopic (exact) mass is 440 g/mol. The average molecular weight is 441 g/mol. The molecule has 0 bridgehead atoms. The van der Waals surface area contributed by atoms with Gasteiger partial charge in [0.25, 0.3) is 5.91 Å². The van der Waals surface area contributed by atoms with Gasteiger partial charge in [-0.25, -0.2) is 9.78 Å². The molecule has 2 amide bonds. The highest BCUT2D eigenvalue weighted by atomic mass is 35.5. The molecule has 1 aromatic carbocycles. The molecule has 0 spiro atoms. The molecule has 146 valence electrons. The molecule has 3 N–H and O–H groups in total. The number of halogens is 2. The first-order valence-electron chi connectivity index (χ1n) is 8.03. The molecule has 0 unspecified atom stereocenters. The maximum atomic E-state index is 12.4. The lowest BCUT2D eigenvalue weighted by atomic mass is 10.3. The highest BCUT2D eigenvalue weighted by molar-refractivity contribution is 7.22. The smallest absolute Gasteiger partial charge is 0.397 e. The normalized spacial score (nSPS) is 10.7. The number of H-pyrrole nitrogens is 1. The van der Waals surface area contributed by atoms with Crippen molar-refractivity contribution in [2.75, 3.05) is 17.2 Å². The number of aromatic amines is 1. The molecule has 0 saturated carbocycles. The Morgan fingerprint density at radius 3 is 2.61 bits per heavy atom. The predicted octanol–water partition coefficient (Wildman–Crippen LogP) is 3.99. The summed E-state index contributed by atoms with van der Waals surface area (Å²) in [7, 11) is 0. The number of nitrogens with one attached hydrogen (secondary N) is 3. The number of esters is 1. The number of rotatable bonds is 4. The van der Waals surface area contributed by atoms with Crippen LogP contribution in [0.15, 0.2) is 18.2 Å². The van der Waals surface area contributed by atoms with Crippen LogP contribution in [0.5, 0.6) is 0 Å². The average Bonchev–Trinajstić information content (AvgIpc) is 3.16. The van der Waals surface area contributed by atoms with Gasteiger partial charge in [-0.2, -0.15) is 0 Å². The molecule has 0 aliphatic rings. The minimum absolute atomic E-state index is 0.102. The molecule has 0 fully saturated rings.